The molecular weight excluding hydrogens is 114 g/mol. The minimum absolute atomic E-state index is 0.495. The van der Waals surface area contributed by atoms with Gasteiger partial charge in [-0.2, -0.15) is 5.11 Å². The summed E-state index contributed by atoms with van der Waals surface area (Å²) in [6.45, 7) is 4.10. The predicted molar refractivity (Wildman–Crippen MR) is 37.6 cm³/mol. The van der Waals surface area contributed by atoms with E-state index in [2.05, 4.69) is 24.1 Å². The lowest BCUT2D eigenvalue weighted by Gasteiger charge is -1.87. The summed E-state index contributed by atoms with van der Waals surface area (Å²) in [6.07, 6.45) is 4.41. The lowest BCUT2D eigenvalue weighted by atomic mass is 10.2. The van der Waals surface area contributed by atoms with Crippen LogP contribution in [0.5, 0.6) is 0 Å². The predicted octanol–water partition coefficient (Wildman–Crippen LogP) is 2.22. The number of rotatable bonds is 3. The SMILES string of the molecule is CC(C)/C=C\N=N/C=N. The van der Waals surface area contributed by atoms with E-state index in [1.54, 1.807) is 6.20 Å². The Balaban J connectivity index is 3.46. The van der Waals surface area contributed by atoms with Crippen LogP contribution in [0.25, 0.3) is 0 Å². The Morgan fingerprint density at radius 2 is 2.00 bits per heavy atom. The normalized spacial score (nSPS) is 11.9. The molecule has 50 valence electrons. The van der Waals surface area contributed by atoms with Gasteiger partial charge in [-0.1, -0.05) is 19.9 Å². The van der Waals surface area contributed by atoms with Crippen molar-refractivity contribution in [1.29, 1.82) is 5.41 Å². The molecule has 0 aliphatic heterocycles. The van der Waals surface area contributed by atoms with Gasteiger partial charge in [0, 0.05) is 6.20 Å². The molecule has 1 N–H and O–H groups in total. The molecule has 0 unspecified atom stereocenters. The second kappa shape index (κ2) is 5.15. The van der Waals surface area contributed by atoms with Gasteiger partial charge in [0.05, 0.1) is 0 Å². The Bertz CT molecular complexity index is 124. The van der Waals surface area contributed by atoms with E-state index in [1.807, 2.05) is 6.08 Å². The topological polar surface area (TPSA) is 48.6 Å². The minimum Gasteiger partial charge on any atom is -0.288 e. The van der Waals surface area contributed by atoms with Gasteiger partial charge in [-0.05, 0) is 5.92 Å². The van der Waals surface area contributed by atoms with Crippen LogP contribution < -0.4 is 0 Å². The zero-order chi connectivity index (χ0) is 7.11. The second-order valence-electron chi connectivity index (χ2n) is 1.95. The van der Waals surface area contributed by atoms with Crippen LogP contribution in [0.4, 0.5) is 0 Å². The summed E-state index contributed by atoms with van der Waals surface area (Å²) in [5.41, 5.74) is 0. The van der Waals surface area contributed by atoms with Crippen LogP contribution in [0.1, 0.15) is 13.8 Å². The third-order valence-corrected chi connectivity index (χ3v) is 0.662. The van der Waals surface area contributed by atoms with Crippen LogP contribution >= 0.6 is 0 Å². The summed E-state index contributed by atoms with van der Waals surface area (Å²) in [4.78, 5) is 0. The molecule has 0 saturated carbocycles. The van der Waals surface area contributed by atoms with E-state index >= 15 is 0 Å². The van der Waals surface area contributed by atoms with E-state index in [-0.39, 0.29) is 0 Å². The summed E-state index contributed by atoms with van der Waals surface area (Å²) < 4.78 is 0. The van der Waals surface area contributed by atoms with Gasteiger partial charge in [0.2, 0.25) is 0 Å². The van der Waals surface area contributed by atoms with Gasteiger partial charge in [-0.25, -0.2) is 0 Å². The maximum absolute atomic E-state index is 6.47. The van der Waals surface area contributed by atoms with Crippen molar-refractivity contribution in [2.45, 2.75) is 13.8 Å². The summed E-state index contributed by atoms with van der Waals surface area (Å²) in [7, 11) is 0. The first-order valence-corrected chi connectivity index (χ1v) is 2.83. The molecule has 0 heterocycles. The van der Waals surface area contributed by atoms with E-state index in [0.717, 1.165) is 6.34 Å². The molecule has 9 heavy (non-hydrogen) atoms. The van der Waals surface area contributed by atoms with Crippen LogP contribution in [-0.2, 0) is 0 Å². The van der Waals surface area contributed by atoms with Gasteiger partial charge in [0.1, 0.15) is 6.34 Å². The van der Waals surface area contributed by atoms with Crippen molar-refractivity contribution in [2.24, 2.45) is 16.1 Å². The number of nitrogens with one attached hydrogen (secondary N) is 1. The monoisotopic (exact) mass is 125 g/mol. The van der Waals surface area contributed by atoms with E-state index in [9.17, 15) is 0 Å². The Hall–Kier alpha value is -0.990. The quantitative estimate of drug-likeness (QED) is 0.341. The lowest BCUT2D eigenvalue weighted by molar-refractivity contribution is 0.827. The minimum atomic E-state index is 0.495. The highest BCUT2D eigenvalue weighted by atomic mass is 15.1. The Morgan fingerprint density at radius 1 is 1.33 bits per heavy atom. The maximum atomic E-state index is 6.47. The molecule has 0 spiro atoms. The number of hydrogen-bond donors (Lipinski definition) is 1. The fraction of sp³-hybridized carbons (Fsp3) is 0.500. The molecule has 0 amide bonds. The first-order chi connectivity index (χ1) is 4.27. The Labute approximate surface area is 55.0 Å². The lowest BCUT2D eigenvalue weighted by Crippen LogP contribution is -1.74. The molecule has 0 radical (unpaired) electrons. The standard InChI is InChI=1S/C6H11N3/c1-6(2)3-4-8-9-5-7/h3-7H,1-2H3/b4-3-,7-5?,9-8-. The van der Waals surface area contributed by atoms with Crippen molar-refractivity contribution >= 4 is 6.34 Å². The Kier molecular flexibility index (Phi) is 4.59. The average Bonchev–Trinajstić information content (AvgIpc) is 1.80. The first kappa shape index (κ1) is 8.01. The van der Waals surface area contributed by atoms with Crippen LogP contribution in [0, 0.1) is 11.3 Å². The maximum Gasteiger partial charge on any atom is 0.129 e. The molecule has 0 aliphatic rings. The van der Waals surface area contributed by atoms with Crippen LogP contribution in [-0.4, -0.2) is 6.34 Å². The smallest absolute Gasteiger partial charge is 0.129 e. The van der Waals surface area contributed by atoms with Gasteiger partial charge >= 0.3 is 0 Å². The van der Waals surface area contributed by atoms with Crippen molar-refractivity contribution in [3.05, 3.63) is 12.3 Å². The first-order valence-electron chi connectivity index (χ1n) is 2.83. The zero-order valence-corrected chi connectivity index (χ0v) is 5.70. The average molecular weight is 125 g/mol. The number of hydrogen-bond acceptors (Lipinski definition) is 2. The summed E-state index contributed by atoms with van der Waals surface area (Å²) in [5.74, 6) is 0.495. The van der Waals surface area contributed by atoms with Gasteiger partial charge in [0.25, 0.3) is 0 Å². The molecule has 0 atom stereocenters. The molecule has 0 aliphatic carbocycles. The van der Waals surface area contributed by atoms with E-state index in [1.165, 1.54) is 0 Å². The third-order valence-electron chi connectivity index (χ3n) is 0.662. The van der Waals surface area contributed by atoms with E-state index in [0.29, 0.717) is 5.92 Å². The van der Waals surface area contributed by atoms with Crippen LogP contribution in [0.15, 0.2) is 22.5 Å². The molecule has 0 aromatic carbocycles. The van der Waals surface area contributed by atoms with Gasteiger partial charge in [-0.3, -0.25) is 5.41 Å². The fourth-order valence-corrected chi connectivity index (χ4v) is 0.282. The second-order valence-corrected chi connectivity index (χ2v) is 1.95. The van der Waals surface area contributed by atoms with Crippen molar-refractivity contribution in [1.82, 2.24) is 0 Å². The van der Waals surface area contributed by atoms with Crippen LogP contribution in [0.2, 0.25) is 0 Å². The number of azo groups is 1. The van der Waals surface area contributed by atoms with Crippen LogP contribution in [0.3, 0.4) is 0 Å². The van der Waals surface area contributed by atoms with E-state index in [4.69, 9.17) is 5.41 Å². The Morgan fingerprint density at radius 3 is 2.44 bits per heavy atom. The summed E-state index contributed by atoms with van der Waals surface area (Å²) in [5, 5.41) is 13.3. The van der Waals surface area contributed by atoms with Gasteiger partial charge in [0.15, 0.2) is 0 Å². The van der Waals surface area contributed by atoms with Crippen molar-refractivity contribution < 1.29 is 0 Å². The molecule has 3 heteroatoms. The zero-order valence-electron chi connectivity index (χ0n) is 5.70. The van der Waals surface area contributed by atoms with E-state index < -0.39 is 0 Å². The highest BCUT2D eigenvalue weighted by Gasteiger charge is 1.79. The van der Waals surface area contributed by atoms with Gasteiger partial charge in [-0.15, -0.1) is 5.11 Å². The molecule has 0 saturated heterocycles. The summed E-state index contributed by atoms with van der Waals surface area (Å²) >= 11 is 0. The van der Waals surface area contributed by atoms with Crippen molar-refractivity contribution in [3.63, 3.8) is 0 Å². The molecular formula is C6H11N3. The molecule has 0 bridgehead atoms. The largest absolute Gasteiger partial charge is 0.288 e. The molecule has 0 fully saturated rings. The number of allylic oxidation sites excluding steroid dienone is 1. The highest BCUT2D eigenvalue weighted by molar-refractivity contribution is 5.49. The third kappa shape index (κ3) is 7.01. The highest BCUT2D eigenvalue weighted by Crippen LogP contribution is 1.92. The molecule has 3 nitrogen and oxygen atoms in total. The van der Waals surface area contributed by atoms with Crippen molar-refractivity contribution in [3.8, 4) is 0 Å². The van der Waals surface area contributed by atoms with Gasteiger partial charge < -0.3 is 0 Å². The number of nitrogens with zero attached hydrogens (tertiary/aromatic N) is 2. The summed E-state index contributed by atoms with van der Waals surface area (Å²) in [6, 6.07) is 0. The molecule has 0 aromatic heterocycles. The molecule has 0 rings (SSSR count). The molecule has 0 aromatic rings. The van der Waals surface area contributed by atoms with Crippen molar-refractivity contribution in [2.75, 3.05) is 0 Å². The fourth-order valence-electron chi connectivity index (χ4n) is 0.282.